The standard InChI is InChI=1S/C17H17ClF2N2O2S/c1-12-2-4-14(11-15(12)18)25(23,24)22-8-6-21(7-9-22)17-5-3-13(19)10-16(17)20/h2-5,10-11H,6-9H2,1H3. The van der Waals surface area contributed by atoms with Gasteiger partial charge in [0.15, 0.2) is 0 Å². The van der Waals surface area contributed by atoms with Crippen molar-refractivity contribution in [2.24, 2.45) is 0 Å². The van der Waals surface area contributed by atoms with Crippen LogP contribution in [0.15, 0.2) is 41.3 Å². The van der Waals surface area contributed by atoms with Gasteiger partial charge in [-0.05, 0) is 36.8 Å². The Kier molecular flexibility index (Phi) is 4.99. The summed E-state index contributed by atoms with van der Waals surface area (Å²) in [4.78, 5) is 1.85. The van der Waals surface area contributed by atoms with Gasteiger partial charge in [-0.1, -0.05) is 17.7 Å². The van der Waals surface area contributed by atoms with Gasteiger partial charge in [0.25, 0.3) is 0 Å². The number of rotatable bonds is 3. The van der Waals surface area contributed by atoms with Crippen LogP contribution in [0.1, 0.15) is 5.56 Å². The number of anilines is 1. The molecule has 1 aliphatic heterocycles. The molecule has 3 rings (SSSR count). The Bertz CT molecular complexity index is 898. The van der Waals surface area contributed by atoms with Crippen LogP contribution in [-0.4, -0.2) is 38.9 Å². The molecule has 1 heterocycles. The minimum Gasteiger partial charge on any atom is -0.367 e. The number of halogens is 3. The molecule has 0 radical (unpaired) electrons. The van der Waals surface area contributed by atoms with E-state index in [4.69, 9.17) is 11.6 Å². The van der Waals surface area contributed by atoms with E-state index in [0.29, 0.717) is 18.1 Å². The average molecular weight is 387 g/mol. The Balaban J connectivity index is 1.76. The number of piperazine rings is 1. The number of aryl methyl sites for hydroxylation is 1. The first-order valence-corrected chi connectivity index (χ1v) is 9.57. The molecule has 2 aromatic rings. The summed E-state index contributed by atoms with van der Waals surface area (Å²) in [6.07, 6.45) is 0. The Hall–Kier alpha value is -1.70. The fourth-order valence-corrected chi connectivity index (χ4v) is 4.48. The molecule has 0 spiro atoms. The third kappa shape index (κ3) is 3.63. The SMILES string of the molecule is Cc1ccc(S(=O)(=O)N2CCN(c3ccc(F)cc3F)CC2)cc1Cl. The molecule has 8 heteroatoms. The molecule has 0 atom stereocenters. The zero-order valence-electron chi connectivity index (χ0n) is 13.5. The fourth-order valence-electron chi connectivity index (χ4n) is 2.79. The van der Waals surface area contributed by atoms with Crippen molar-refractivity contribution in [3.63, 3.8) is 0 Å². The molecule has 0 unspecified atom stereocenters. The summed E-state index contributed by atoms with van der Waals surface area (Å²) < 4.78 is 53.7. The van der Waals surface area contributed by atoms with E-state index in [1.54, 1.807) is 17.9 Å². The fraction of sp³-hybridized carbons (Fsp3) is 0.294. The Morgan fingerprint density at radius 3 is 2.28 bits per heavy atom. The van der Waals surface area contributed by atoms with Gasteiger partial charge in [0, 0.05) is 37.3 Å². The summed E-state index contributed by atoms with van der Waals surface area (Å²) in [7, 11) is -3.66. The molecule has 1 fully saturated rings. The lowest BCUT2D eigenvalue weighted by Gasteiger charge is -2.35. The van der Waals surface area contributed by atoms with Crippen molar-refractivity contribution in [1.29, 1.82) is 0 Å². The first kappa shape index (κ1) is 18.1. The zero-order chi connectivity index (χ0) is 18.2. The summed E-state index contributed by atoms with van der Waals surface area (Å²) in [6.45, 7) is 2.87. The first-order valence-electron chi connectivity index (χ1n) is 7.75. The molecule has 0 amide bonds. The molecule has 134 valence electrons. The van der Waals surface area contributed by atoms with Crippen LogP contribution < -0.4 is 4.90 Å². The van der Waals surface area contributed by atoms with Crippen LogP contribution in [0, 0.1) is 18.6 Å². The summed E-state index contributed by atoms with van der Waals surface area (Å²) in [5.41, 5.74) is 1.08. The molecule has 0 N–H and O–H groups in total. The van der Waals surface area contributed by atoms with Crippen LogP contribution in [0.4, 0.5) is 14.5 Å². The van der Waals surface area contributed by atoms with Crippen molar-refractivity contribution in [1.82, 2.24) is 4.31 Å². The summed E-state index contributed by atoms with van der Waals surface area (Å²) in [6, 6.07) is 8.03. The van der Waals surface area contributed by atoms with E-state index in [1.807, 2.05) is 0 Å². The predicted octanol–water partition coefficient (Wildman–Crippen LogP) is 3.44. The van der Waals surface area contributed by atoms with E-state index in [9.17, 15) is 17.2 Å². The van der Waals surface area contributed by atoms with E-state index in [0.717, 1.165) is 11.6 Å². The monoisotopic (exact) mass is 386 g/mol. The summed E-state index contributed by atoms with van der Waals surface area (Å²) in [5.74, 6) is -1.29. The molecule has 0 aromatic heterocycles. The zero-order valence-corrected chi connectivity index (χ0v) is 15.1. The smallest absolute Gasteiger partial charge is 0.243 e. The van der Waals surface area contributed by atoms with E-state index in [2.05, 4.69) is 0 Å². The van der Waals surface area contributed by atoms with Crippen LogP contribution in [0.25, 0.3) is 0 Å². The number of hydrogen-bond donors (Lipinski definition) is 0. The second-order valence-corrected chi connectivity index (χ2v) is 8.24. The Labute approximate surface area is 150 Å². The number of nitrogens with zero attached hydrogens (tertiary/aromatic N) is 2. The Morgan fingerprint density at radius 2 is 1.68 bits per heavy atom. The molecule has 0 aliphatic carbocycles. The maximum atomic E-state index is 13.9. The third-order valence-electron chi connectivity index (χ3n) is 4.27. The lowest BCUT2D eigenvalue weighted by atomic mass is 10.2. The van der Waals surface area contributed by atoms with Gasteiger partial charge < -0.3 is 4.90 Å². The van der Waals surface area contributed by atoms with Crippen LogP contribution >= 0.6 is 11.6 Å². The largest absolute Gasteiger partial charge is 0.367 e. The lowest BCUT2D eigenvalue weighted by molar-refractivity contribution is 0.383. The predicted molar refractivity (Wildman–Crippen MR) is 93.5 cm³/mol. The van der Waals surface area contributed by atoms with Gasteiger partial charge >= 0.3 is 0 Å². The molecule has 1 saturated heterocycles. The van der Waals surface area contributed by atoms with Crippen molar-refractivity contribution >= 4 is 27.3 Å². The molecule has 0 bridgehead atoms. The molecule has 1 aliphatic rings. The molecular weight excluding hydrogens is 370 g/mol. The van der Waals surface area contributed by atoms with Gasteiger partial charge in [0.05, 0.1) is 10.6 Å². The highest BCUT2D eigenvalue weighted by molar-refractivity contribution is 7.89. The van der Waals surface area contributed by atoms with Gasteiger partial charge in [-0.25, -0.2) is 17.2 Å². The van der Waals surface area contributed by atoms with Crippen molar-refractivity contribution in [3.8, 4) is 0 Å². The van der Waals surface area contributed by atoms with Gasteiger partial charge in [-0.15, -0.1) is 0 Å². The maximum absolute atomic E-state index is 13.9. The minimum atomic E-state index is -3.66. The second kappa shape index (κ2) is 6.90. The lowest BCUT2D eigenvalue weighted by Crippen LogP contribution is -2.48. The van der Waals surface area contributed by atoms with Gasteiger partial charge in [-0.3, -0.25) is 0 Å². The van der Waals surface area contributed by atoms with Crippen LogP contribution in [0.3, 0.4) is 0 Å². The van der Waals surface area contributed by atoms with E-state index in [-0.39, 0.29) is 23.7 Å². The highest BCUT2D eigenvalue weighted by atomic mass is 35.5. The van der Waals surface area contributed by atoms with Gasteiger partial charge in [-0.2, -0.15) is 4.31 Å². The maximum Gasteiger partial charge on any atom is 0.243 e. The van der Waals surface area contributed by atoms with Crippen molar-refractivity contribution in [2.75, 3.05) is 31.1 Å². The minimum absolute atomic E-state index is 0.143. The van der Waals surface area contributed by atoms with Crippen LogP contribution in [-0.2, 0) is 10.0 Å². The van der Waals surface area contributed by atoms with E-state index in [1.165, 1.54) is 28.6 Å². The van der Waals surface area contributed by atoms with Crippen LogP contribution in [0.2, 0.25) is 5.02 Å². The molecule has 0 saturated carbocycles. The number of hydrogen-bond acceptors (Lipinski definition) is 3. The average Bonchev–Trinajstić information content (AvgIpc) is 2.57. The normalized spacial score (nSPS) is 16.2. The molecular formula is C17H17ClF2N2O2S. The summed E-state index contributed by atoms with van der Waals surface area (Å²) in [5, 5.41) is 0.396. The third-order valence-corrected chi connectivity index (χ3v) is 6.57. The first-order chi connectivity index (χ1) is 11.8. The second-order valence-electron chi connectivity index (χ2n) is 5.90. The van der Waals surface area contributed by atoms with Gasteiger partial charge in [0.1, 0.15) is 11.6 Å². The van der Waals surface area contributed by atoms with Crippen LogP contribution in [0.5, 0.6) is 0 Å². The summed E-state index contributed by atoms with van der Waals surface area (Å²) >= 11 is 6.03. The molecule has 25 heavy (non-hydrogen) atoms. The van der Waals surface area contributed by atoms with Crippen molar-refractivity contribution in [2.45, 2.75) is 11.8 Å². The highest BCUT2D eigenvalue weighted by Gasteiger charge is 2.29. The Morgan fingerprint density at radius 1 is 1.00 bits per heavy atom. The van der Waals surface area contributed by atoms with E-state index < -0.39 is 21.7 Å². The topological polar surface area (TPSA) is 40.6 Å². The van der Waals surface area contributed by atoms with Crippen molar-refractivity contribution < 1.29 is 17.2 Å². The molecule has 2 aromatic carbocycles. The van der Waals surface area contributed by atoms with E-state index >= 15 is 0 Å². The van der Waals surface area contributed by atoms with Gasteiger partial charge in [0.2, 0.25) is 10.0 Å². The quantitative estimate of drug-likeness (QED) is 0.811. The molecule has 4 nitrogen and oxygen atoms in total. The van der Waals surface area contributed by atoms with Crippen molar-refractivity contribution in [3.05, 3.63) is 58.6 Å². The number of benzene rings is 2. The highest BCUT2D eigenvalue weighted by Crippen LogP contribution is 2.26. The number of sulfonamides is 1.